The molecule has 1 aliphatic rings. The van der Waals surface area contributed by atoms with Crippen molar-refractivity contribution in [2.45, 2.75) is 13.8 Å². The first-order valence-corrected chi connectivity index (χ1v) is 8.90. The lowest BCUT2D eigenvalue weighted by atomic mass is 10.1. The summed E-state index contributed by atoms with van der Waals surface area (Å²) in [6, 6.07) is 9.26. The molecule has 1 aliphatic heterocycles. The monoisotopic (exact) mass is 369 g/mol. The van der Waals surface area contributed by atoms with E-state index in [1.54, 1.807) is 12.1 Å². The molecule has 1 aromatic heterocycles. The van der Waals surface area contributed by atoms with Crippen LogP contribution in [0.4, 0.5) is 10.5 Å². The number of carbonyl (C=O) groups is 3. The van der Waals surface area contributed by atoms with Crippen molar-refractivity contribution in [2.24, 2.45) is 7.05 Å². The molecular weight excluding hydrogens is 350 g/mol. The summed E-state index contributed by atoms with van der Waals surface area (Å²) < 4.78 is 1.85. The minimum absolute atomic E-state index is 0.304. The van der Waals surface area contributed by atoms with Gasteiger partial charge in [0.1, 0.15) is 6.54 Å². The average molecular weight is 369 g/mol. The first-order chi connectivity index (χ1) is 12.3. The van der Waals surface area contributed by atoms with Gasteiger partial charge in [-0.1, -0.05) is 6.07 Å². The molecule has 0 unspecified atom stereocenters. The lowest BCUT2D eigenvalue weighted by Gasteiger charge is -2.13. The van der Waals surface area contributed by atoms with E-state index in [9.17, 15) is 14.4 Å². The average Bonchev–Trinajstić information content (AvgIpc) is 3.10. The van der Waals surface area contributed by atoms with Crippen LogP contribution in [0.25, 0.3) is 6.08 Å². The van der Waals surface area contributed by atoms with Crippen LogP contribution in [0.1, 0.15) is 16.8 Å². The number of amides is 3. The van der Waals surface area contributed by atoms with Crippen molar-refractivity contribution in [1.82, 2.24) is 9.47 Å². The van der Waals surface area contributed by atoms with Gasteiger partial charge in [0.2, 0.25) is 5.91 Å². The van der Waals surface area contributed by atoms with Gasteiger partial charge in [-0.05, 0) is 67.1 Å². The molecule has 0 saturated carbocycles. The number of nitrogens with zero attached hydrogens (tertiary/aromatic N) is 2. The summed E-state index contributed by atoms with van der Waals surface area (Å²) in [5, 5.41) is 2.29. The van der Waals surface area contributed by atoms with Crippen LogP contribution in [0, 0.1) is 13.8 Å². The van der Waals surface area contributed by atoms with Crippen LogP contribution in [0.15, 0.2) is 41.4 Å². The molecule has 0 atom stereocenters. The Morgan fingerprint density at radius 3 is 2.62 bits per heavy atom. The van der Waals surface area contributed by atoms with Crippen LogP contribution in [-0.4, -0.2) is 33.1 Å². The predicted molar refractivity (Wildman–Crippen MR) is 103 cm³/mol. The van der Waals surface area contributed by atoms with E-state index in [0.29, 0.717) is 10.6 Å². The van der Waals surface area contributed by atoms with E-state index >= 15 is 0 Å². The van der Waals surface area contributed by atoms with Gasteiger partial charge in [0.25, 0.3) is 11.1 Å². The second-order valence-electron chi connectivity index (χ2n) is 6.16. The molecule has 134 valence electrons. The fourth-order valence-electron chi connectivity index (χ4n) is 2.56. The lowest BCUT2D eigenvalue weighted by molar-refractivity contribution is -0.127. The Bertz CT molecular complexity index is 930. The first-order valence-electron chi connectivity index (χ1n) is 8.09. The molecule has 3 amide bonds. The highest BCUT2D eigenvalue weighted by atomic mass is 32.2. The largest absolute Gasteiger partial charge is 0.351 e. The highest BCUT2D eigenvalue weighted by Gasteiger charge is 2.36. The van der Waals surface area contributed by atoms with Crippen molar-refractivity contribution in [3.8, 4) is 0 Å². The number of imide groups is 1. The number of thioether (sulfide) groups is 1. The van der Waals surface area contributed by atoms with Crippen LogP contribution in [0.2, 0.25) is 0 Å². The maximum Gasteiger partial charge on any atom is 0.294 e. The van der Waals surface area contributed by atoms with Crippen LogP contribution >= 0.6 is 11.8 Å². The van der Waals surface area contributed by atoms with Gasteiger partial charge in [-0.3, -0.25) is 19.3 Å². The number of aryl methyl sites for hydroxylation is 3. The standard InChI is InChI=1S/C19H19N3O3S/c1-12-6-7-14(9-13(12)2)20-17(23)11-22-18(24)16(26-19(22)25)10-15-5-4-8-21(15)3/h4-10H,11H2,1-3H3,(H,20,23). The Labute approximate surface area is 155 Å². The van der Waals surface area contributed by atoms with Crippen molar-refractivity contribution in [3.05, 3.63) is 58.3 Å². The van der Waals surface area contributed by atoms with E-state index in [1.165, 1.54) is 0 Å². The van der Waals surface area contributed by atoms with E-state index in [2.05, 4.69) is 5.32 Å². The molecule has 0 radical (unpaired) electrons. The topological polar surface area (TPSA) is 71.4 Å². The minimum atomic E-state index is -0.448. The van der Waals surface area contributed by atoms with Crippen molar-refractivity contribution < 1.29 is 14.4 Å². The third kappa shape index (κ3) is 3.72. The zero-order valence-electron chi connectivity index (χ0n) is 14.8. The SMILES string of the molecule is Cc1ccc(NC(=O)CN2C(=O)SC(=Cc3cccn3C)C2=O)cc1C. The van der Waals surface area contributed by atoms with Crippen LogP contribution in [0.3, 0.4) is 0 Å². The fourth-order valence-corrected chi connectivity index (χ4v) is 3.38. The Morgan fingerprint density at radius 2 is 1.96 bits per heavy atom. The first kappa shape index (κ1) is 18.0. The molecule has 6 nitrogen and oxygen atoms in total. The number of rotatable bonds is 4. The molecule has 0 spiro atoms. The van der Waals surface area contributed by atoms with Crippen molar-refractivity contribution in [2.75, 3.05) is 11.9 Å². The van der Waals surface area contributed by atoms with Gasteiger partial charge in [-0.15, -0.1) is 0 Å². The smallest absolute Gasteiger partial charge is 0.294 e. The Kier molecular flexibility index (Phi) is 4.99. The molecule has 0 bridgehead atoms. The van der Waals surface area contributed by atoms with Crippen molar-refractivity contribution in [3.63, 3.8) is 0 Å². The number of hydrogen-bond donors (Lipinski definition) is 1. The van der Waals surface area contributed by atoms with Gasteiger partial charge in [-0.2, -0.15) is 0 Å². The van der Waals surface area contributed by atoms with Crippen LogP contribution < -0.4 is 5.32 Å². The number of carbonyl (C=O) groups excluding carboxylic acids is 3. The molecule has 1 aromatic carbocycles. The number of hydrogen-bond acceptors (Lipinski definition) is 4. The summed E-state index contributed by atoms with van der Waals surface area (Å²) in [5.41, 5.74) is 3.64. The summed E-state index contributed by atoms with van der Waals surface area (Å²) in [5.74, 6) is -0.855. The molecule has 2 heterocycles. The van der Waals surface area contributed by atoms with Crippen molar-refractivity contribution >= 4 is 40.6 Å². The Morgan fingerprint density at radius 1 is 1.19 bits per heavy atom. The zero-order valence-corrected chi connectivity index (χ0v) is 15.6. The quantitative estimate of drug-likeness (QED) is 0.840. The molecule has 1 fully saturated rings. The van der Waals surface area contributed by atoms with Gasteiger partial charge in [0, 0.05) is 24.6 Å². The maximum atomic E-state index is 12.5. The summed E-state index contributed by atoms with van der Waals surface area (Å²) in [6.45, 7) is 3.64. The van der Waals surface area contributed by atoms with Crippen LogP contribution in [-0.2, 0) is 16.6 Å². The predicted octanol–water partition coefficient (Wildman–Crippen LogP) is 3.32. The molecule has 2 aromatic rings. The van der Waals surface area contributed by atoms with E-state index < -0.39 is 17.1 Å². The number of aromatic nitrogens is 1. The van der Waals surface area contributed by atoms with E-state index in [-0.39, 0.29) is 6.54 Å². The number of nitrogens with one attached hydrogen (secondary N) is 1. The molecular formula is C19H19N3O3S. The minimum Gasteiger partial charge on any atom is -0.351 e. The normalized spacial score (nSPS) is 15.8. The molecule has 26 heavy (non-hydrogen) atoms. The third-order valence-corrected chi connectivity index (χ3v) is 5.14. The molecule has 7 heteroatoms. The van der Waals surface area contributed by atoms with Gasteiger partial charge in [-0.25, -0.2) is 0 Å². The summed E-state index contributed by atoms with van der Waals surface area (Å²) in [6.07, 6.45) is 3.51. The maximum absolute atomic E-state index is 12.5. The Balaban J connectivity index is 1.69. The molecule has 0 aliphatic carbocycles. The summed E-state index contributed by atoms with van der Waals surface area (Å²) in [7, 11) is 1.85. The van der Waals surface area contributed by atoms with E-state index in [1.807, 2.05) is 55.9 Å². The lowest BCUT2D eigenvalue weighted by Crippen LogP contribution is -2.36. The number of benzene rings is 1. The molecule has 1 saturated heterocycles. The van der Waals surface area contributed by atoms with Crippen LogP contribution in [0.5, 0.6) is 0 Å². The molecule has 1 N–H and O–H groups in total. The summed E-state index contributed by atoms with van der Waals surface area (Å²) in [4.78, 5) is 38.1. The molecule has 3 rings (SSSR count). The van der Waals surface area contributed by atoms with Gasteiger partial charge < -0.3 is 9.88 Å². The third-order valence-electron chi connectivity index (χ3n) is 4.23. The highest BCUT2D eigenvalue weighted by molar-refractivity contribution is 8.18. The Hall–Kier alpha value is -2.80. The second kappa shape index (κ2) is 7.21. The second-order valence-corrected chi connectivity index (χ2v) is 7.15. The fraction of sp³-hybridized carbons (Fsp3) is 0.211. The van der Waals surface area contributed by atoms with Gasteiger partial charge >= 0.3 is 0 Å². The van der Waals surface area contributed by atoms with E-state index in [4.69, 9.17) is 0 Å². The van der Waals surface area contributed by atoms with Gasteiger partial charge in [0.15, 0.2) is 0 Å². The van der Waals surface area contributed by atoms with Gasteiger partial charge in [0.05, 0.1) is 4.91 Å². The highest BCUT2D eigenvalue weighted by Crippen LogP contribution is 2.32. The zero-order chi connectivity index (χ0) is 18.8. The van der Waals surface area contributed by atoms with E-state index in [0.717, 1.165) is 33.5 Å². The number of anilines is 1. The van der Waals surface area contributed by atoms with Crippen molar-refractivity contribution in [1.29, 1.82) is 0 Å². The summed E-state index contributed by atoms with van der Waals surface area (Å²) >= 11 is 0.847.